The number of phenolic OH excluding ortho intramolecular Hbond substituents is 1. The maximum atomic E-state index is 13.6. The standard InChI is InChI=1S/C17H13FO4/c18-14-6-12(17-13(7-14)9-21-10-22-17)4-5-16(20)11-2-1-3-15(19)8-11/h1-8,19H,9-10H2. The van der Waals surface area contributed by atoms with Crippen LogP contribution in [-0.4, -0.2) is 17.7 Å². The molecular weight excluding hydrogens is 287 g/mol. The number of ketones is 1. The largest absolute Gasteiger partial charge is 0.508 e. The number of rotatable bonds is 3. The molecule has 0 aromatic heterocycles. The van der Waals surface area contributed by atoms with Crippen LogP contribution in [0, 0.1) is 5.82 Å². The Hall–Kier alpha value is -2.66. The van der Waals surface area contributed by atoms with Crippen molar-refractivity contribution >= 4 is 11.9 Å². The molecule has 5 heteroatoms. The lowest BCUT2D eigenvalue weighted by Crippen LogP contribution is -2.12. The second kappa shape index (κ2) is 5.99. The molecule has 0 spiro atoms. The summed E-state index contributed by atoms with van der Waals surface area (Å²) < 4.78 is 24.1. The third-order valence-electron chi connectivity index (χ3n) is 3.25. The molecule has 3 rings (SSSR count). The van der Waals surface area contributed by atoms with E-state index < -0.39 is 5.82 Å². The molecule has 1 aliphatic heterocycles. The summed E-state index contributed by atoms with van der Waals surface area (Å²) in [5, 5.41) is 9.38. The van der Waals surface area contributed by atoms with Gasteiger partial charge >= 0.3 is 0 Å². The Balaban J connectivity index is 1.89. The average Bonchev–Trinajstić information content (AvgIpc) is 2.52. The van der Waals surface area contributed by atoms with Crippen LogP contribution in [0.3, 0.4) is 0 Å². The molecule has 0 atom stereocenters. The van der Waals surface area contributed by atoms with E-state index in [0.29, 0.717) is 22.4 Å². The number of halogens is 1. The Morgan fingerprint density at radius 2 is 2.14 bits per heavy atom. The number of hydrogen-bond acceptors (Lipinski definition) is 4. The predicted octanol–water partition coefficient (Wildman–Crippen LogP) is 3.29. The quantitative estimate of drug-likeness (QED) is 0.698. The molecule has 22 heavy (non-hydrogen) atoms. The topological polar surface area (TPSA) is 55.8 Å². The average molecular weight is 300 g/mol. The SMILES string of the molecule is O=C(C=Cc1cc(F)cc2c1OCOC2)c1cccc(O)c1. The Labute approximate surface area is 126 Å². The zero-order chi connectivity index (χ0) is 15.5. The lowest BCUT2D eigenvalue weighted by atomic mass is 10.1. The van der Waals surface area contributed by atoms with Gasteiger partial charge in [0.2, 0.25) is 0 Å². The van der Waals surface area contributed by atoms with Crippen molar-refractivity contribution < 1.29 is 23.8 Å². The molecular formula is C17H13FO4. The Kier molecular flexibility index (Phi) is 3.89. The number of carbonyl (C=O) groups is 1. The van der Waals surface area contributed by atoms with Gasteiger partial charge < -0.3 is 14.6 Å². The van der Waals surface area contributed by atoms with Crippen LogP contribution in [0.15, 0.2) is 42.5 Å². The molecule has 4 nitrogen and oxygen atoms in total. The summed E-state index contributed by atoms with van der Waals surface area (Å²) in [4.78, 5) is 12.1. The van der Waals surface area contributed by atoms with Crippen molar-refractivity contribution in [2.24, 2.45) is 0 Å². The molecule has 1 heterocycles. The summed E-state index contributed by atoms with van der Waals surface area (Å²) in [5.41, 5.74) is 1.44. The Bertz CT molecular complexity index is 752. The van der Waals surface area contributed by atoms with Gasteiger partial charge in [0.1, 0.15) is 17.3 Å². The highest BCUT2D eigenvalue weighted by molar-refractivity contribution is 6.07. The first-order valence-electron chi connectivity index (χ1n) is 6.68. The Morgan fingerprint density at radius 1 is 1.27 bits per heavy atom. The molecule has 0 unspecified atom stereocenters. The normalized spacial score (nSPS) is 13.7. The van der Waals surface area contributed by atoms with Crippen molar-refractivity contribution in [3.63, 3.8) is 0 Å². The summed E-state index contributed by atoms with van der Waals surface area (Å²) in [6.07, 6.45) is 2.82. The number of aromatic hydroxyl groups is 1. The van der Waals surface area contributed by atoms with Gasteiger partial charge in [-0.2, -0.15) is 0 Å². The lowest BCUT2D eigenvalue weighted by Gasteiger charge is -2.19. The van der Waals surface area contributed by atoms with E-state index in [9.17, 15) is 14.3 Å². The molecule has 1 aliphatic rings. The van der Waals surface area contributed by atoms with E-state index in [1.807, 2.05) is 0 Å². The van der Waals surface area contributed by atoms with Gasteiger partial charge in [-0.1, -0.05) is 12.1 Å². The van der Waals surface area contributed by atoms with E-state index in [2.05, 4.69) is 0 Å². The van der Waals surface area contributed by atoms with Crippen molar-refractivity contribution in [2.45, 2.75) is 6.61 Å². The van der Waals surface area contributed by atoms with E-state index in [0.717, 1.165) is 0 Å². The van der Waals surface area contributed by atoms with Crippen molar-refractivity contribution in [2.75, 3.05) is 6.79 Å². The molecule has 2 aromatic rings. The fraction of sp³-hybridized carbons (Fsp3) is 0.118. The zero-order valence-electron chi connectivity index (χ0n) is 11.6. The molecule has 112 valence electrons. The van der Waals surface area contributed by atoms with Crippen LogP contribution in [0.4, 0.5) is 4.39 Å². The zero-order valence-corrected chi connectivity index (χ0v) is 11.6. The minimum Gasteiger partial charge on any atom is -0.508 e. The van der Waals surface area contributed by atoms with Crippen molar-refractivity contribution in [1.82, 2.24) is 0 Å². The van der Waals surface area contributed by atoms with Crippen molar-refractivity contribution in [1.29, 1.82) is 0 Å². The van der Waals surface area contributed by atoms with Crippen LogP contribution in [0.25, 0.3) is 6.08 Å². The number of allylic oxidation sites excluding steroid dienone is 1. The number of ether oxygens (including phenoxy) is 2. The molecule has 0 aliphatic carbocycles. The molecule has 0 fully saturated rings. The summed E-state index contributed by atoms with van der Waals surface area (Å²) in [6, 6.07) is 8.69. The monoisotopic (exact) mass is 300 g/mol. The maximum Gasteiger partial charge on any atom is 0.189 e. The first kappa shape index (κ1) is 14.3. The van der Waals surface area contributed by atoms with Gasteiger partial charge in [-0.3, -0.25) is 4.79 Å². The summed E-state index contributed by atoms with van der Waals surface area (Å²) in [6.45, 7) is 0.369. The second-order valence-corrected chi connectivity index (χ2v) is 4.84. The van der Waals surface area contributed by atoms with Crippen LogP contribution in [0.5, 0.6) is 11.5 Å². The first-order chi connectivity index (χ1) is 10.6. The van der Waals surface area contributed by atoms with Crippen LogP contribution in [-0.2, 0) is 11.3 Å². The van der Waals surface area contributed by atoms with E-state index in [-0.39, 0.29) is 24.9 Å². The van der Waals surface area contributed by atoms with Gasteiger partial charge in [0.05, 0.1) is 6.61 Å². The highest BCUT2D eigenvalue weighted by Gasteiger charge is 2.15. The van der Waals surface area contributed by atoms with E-state index >= 15 is 0 Å². The van der Waals surface area contributed by atoms with Gasteiger partial charge in [0, 0.05) is 16.7 Å². The third-order valence-corrected chi connectivity index (χ3v) is 3.25. The summed E-state index contributed by atoms with van der Waals surface area (Å²) in [7, 11) is 0. The molecule has 0 amide bonds. The highest BCUT2D eigenvalue weighted by atomic mass is 19.1. The number of hydrogen-bond donors (Lipinski definition) is 1. The minimum absolute atomic E-state index is 0.0165. The maximum absolute atomic E-state index is 13.6. The van der Waals surface area contributed by atoms with Gasteiger partial charge in [-0.15, -0.1) is 0 Å². The second-order valence-electron chi connectivity index (χ2n) is 4.84. The van der Waals surface area contributed by atoms with Crippen molar-refractivity contribution in [3.8, 4) is 11.5 Å². The predicted molar refractivity (Wildman–Crippen MR) is 78.2 cm³/mol. The molecule has 2 aromatic carbocycles. The number of phenols is 1. The summed E-state index contributed by atoms with van der Waals surface area (Å²) >= 11 is 0. The third kappa shape index (κ3) is 2.99. The lowest BCUT2D eigenvalue weighted by molar-refractivity contribution is -0.0167. The van der Waals surface area contributed by atoms with Crippen LogP contribution in [0.1, 0.15) is 21.5 Å². The number of fused-ring (bicyclic) bond motifs is 1. The fourth-order valence-electron chi connectivity index (χ4n) is 2.25. The van der Waals surface area contributed by atoms with E-state index in [1.54, 1.807) is 12.1 Å². The van der Waals surface area contributed by atoms with Crippen LogP contribution < -0.4 is 4.74 Å². The summed E-state index contributed by atoms with van der Waals surface area (Å²) in [5.74, 6) is -0.172. The Morgan fingerprint density at radius 3 is 2.95 bits per heavy atom. The molecule has 0 bridgehead atoms. The highest BCUT2D eigenvalue weighted by Crippen LogP contribution is 2.30. The van der Waals surface area contributed by atoms with Gasteiger partial charge in [0.15, 0.2) is 12.6 Å². The molecule has 1 N–H and O–H groups in total. The van der Waals surface area contributed by atoms with E-state index in [1.165, 1.54) is 36.4 Å². The molecule has 0 radical (unpaired) electrons. The van der Waals surface area contributed by atoms with E-state index in [4.69, 9.17) is 9.47 Å². The van der Waals surface area contributed by atoms with Crippen LogP contribution >= 0.6 is 0 Å². The number of benzene rings is 2. The van der Waals surface area contributed by atoms with Gasteiger partial charge in [-0.25, -0.2) is 4.39 Å². The number of carbonyl (C=O) groups excluding carboxylic acids is 1. The van der Waals surface area contributed by atoms with Gasteiger partial charge in [0.25, 0.3) is 0 Å². The fourth-order valence-corrected chi connectivity index (χ4v) is 2.25. The van der Waals surface area contributed by atoms with Gasteiger partial charge in [-0.05, 0) is 36.4 Å². The minimum atomic E-state index is -0.419. The van der Waals surface area contributed by atoms with Crippen LogP contribution in [0.2, 0.25) is 0 Å². The molecule has 0 saturated heterocycles. The van der Waals surface area contributed by atoms with Crippen molar-refractivity contribution in [3.05, 3.63) is 65.0 Å². The molecule has 0 saturated carbocycles. The smallest absolute Gasteiger partial charge is 0.189 e. The first-order valence-corrected chi connectivity index (χ1v) is 6.68.